The van der Waals surface area contributed by atoms with Crippen molar-refractivity contribution in [1.29, 1.82) is 0 Å². The third-order valence-electron chi connectivity index (χ3n) is 4.26. The Kier molecular flexibility index (Phi) is 3.89. The van der Waals surface area contributed by atoms with Crippen molar-refractivity contribution in [2.45, 2.75) is 44.2 Å². The molecule has 1 fully saturated rings. The van der Waals surface area contributed by atoms with E-state index in [1.54, 1.807) is 6.26 Å². The second-order valence-electron chi connectivity index (χ2n) is 5.49. The number of rotatable bonds is 5. The molecular formula is C14H24N2O. The summed E-state index contributed by atoms with van der Waals surface area (Å²) in [5.74, 6) is 0. The van der Waals surface area contributed by atoms with Crippen LogP contribution in [0.5, 0.6) is 0 Å². The zero-order valence-corrected chi connectivity index (χ0v) is 11.2. The number of hydrogen-bond donors (Lipinski definition) is 1. The van der Waals surface area contributed by atoms with Crippen LogP contribution in [0.2, 0.25) is 0 Å². The summed E-state index contributed by atoms with van der Waals surface area (Å²) < 4.78 is 5.13. The molecule has 1 aliphatic carbocycles. The lowest BCUT2D eigenvalue weighted by Crippen LogP contribution is -2.49. The van der Waals surface area contributed by atoms with E-state index in [9.17, 15) is 0 Å². The minimum Gasteiger partial charge on any atom is -0.472 e. The third-order valence-corrected chi connectivity index (χ3v) is 4.26. The van der Waals surface area contributed by atoms with Crippen LogP contribution in [0.15, 0.2) is 23.0 Å². The number of likely N-dealkylation sites (N-methyl/N-ethyl adjacent to an activating group) is 1. The normalized spacial score (nSPS) is 20.9. The molecule has 1 aliphatic rings. The highest BCUT2D eigenvalue weighted by Gasteiger charge is 2.35. The molecular weight excluding hydrogens is 212 g/mol. The second-order valence-corrected chi connectivity index (χ2v) is 5.49. The van der Waals surface area contributed by atoms with Gasteiger partial charge >= 0.3 is 0 Å². The highest BCUT2D eigenvalue weighted by Crippen LogP contribution is 2.33. The number of furan rings is 1. The van der Waals surface area contributed by atoms with Crippen LogP contribution in [0, 0.1) is 0 Å². The van der Waals surface area contributed by atoms with Crippen molar-refractivity contribution < 1.29 is 4.42 Å². The SMILES string of the molecule is CC(NCC1(N(C)C)CCCC1)c1ccoc1. The Morgan fingerprint density at radius 2 is 2.12 bits per heavy atom. The molecule has 3 heteroatoms. The van der Waals surface area contributed by atoms with Crippen LogP contribution in [0.25, 0.3) is 0 Å². The number of nitrogens with zero attached hydrogens (tertiary/aromatic N) is 1. The lowest BCUT2D eigenvalue weighted by Gasteiger charge is -2.37. The van der Waals surface area contributed by atoms with Gasteiger partial charge in [0.1, 0.15) is 0 Å². The van der Waals surface area contributed by atoms with Gasteiger partial charge in [0.2, 0.25) is 0 Å². The van der Waals surface area contributed by atoms with E-state index < -0.39 is 0 Å². The smallest absolute Gasteiger partial charge is 0.0950 e. The molecule has 3 nitrogen and oxygen atoms in total. The van der Waals surface area contributed by atoms with Crippen LogP contribution < -0.4 is 5.32 Å². The zero-order chi connectivity index (χ0) is 12.3. The van der Waals surface area contributed by atoms with Crippen LogP contribution in [-0.4, -0.2) is 31.1 Å². The molecule has 1 N–H and O–H groups in total. The molecule has 1 atom stereocenters. The molecule has 0 bridgehead atoms. The summed E-state index contributed by atoms with van der Waals surface area (Å²) in [7, 11) is 4.41. The quantitative estimate of drug-likeness (QED) is 0.852. The van der Waals surface area contributed by atoms with Crippen LogP contribution in [0.4, 0.5) is 0 Å². The topological polar surface area (TPSA) is 28.4 Å². The Labute approximate surface area is 104 Å². The second kappa shape index (κ2) is 5.23. The van der Waals surface area contributed by atoms with E-state index in [-0.39, 0.29) is 0 Å². The van der Waals surface area contributed by atoms with Gasteiger partial charge in [-0.2, -0.15) is 0 Å². The van der Waals surface area contributed by atoms with Crippen molar-refractivity contribution in [1.82, 2.24) is 10.2 Å². The van der Waals surface area contributed by atoms with Gasteiger partial charge in [0.05, 0.1) is 12.5 Å². The molecule has 17 heavy (non-hydrogen) atoms. The fourth-order valence-electron chi connectivity index (χ4n) is 2.80. The highest BCUT2D eigenvalue weighted by atomic mass is 16.3. The van der Waals surface area contributed by atoms with Gasteiger partial charge in [0.25, 0.3) is 0 Å². The van der Waals surface area contributed by atoms with Gasteiger partial charge in [-0.1, -0.05) is 12.8 Å². The predicted octanol–water partition coefficient (Wildman–Crippen LogP) is 2.80. The molecule has 1 aromatic heterocycles. The molecule has 0 amide bonds. The molecule has 1 heterocycles. The average molecular weight is 236 g/mol. The number of hydrogen-bond acceptors (Lipinski definition) is 3. The van der Waals surface area contributed by atoms with Crippen molar-refractivity contribution in [3.8, 4) is 0 Å². The van der Waals surface area contributed by atoms with E-state index in [2.05, 4.69) is 31.2 Å². The van der Waals surface area contributed by atoms with Gasteiger partial charge in [-0.15, -0.1) is 0 Å². The van der Waals surface area contributed by atoms with Gasteiger partial charge in [-0.25, -0.2) is 0 Å². The summed E-state index contributed by atoms with van der Waals surface area (Å²) in [4.78, 5) is 2.40. The maximum atomic E-state index is 5.13. The van der Waals surface area contributed by atoms with Gasteiger partial charge in [0, 0.05) is 23.7 Å². The van der Waals surface area contributed by atoms with Gasteiger partial charge in [-0.05, 0) is 39.9 Å². The highest BCUT2D eigenvalue weighted by molar-refractivity contribution is 5.10. The summed E-state index contributed by atoms with van der Waals surface area (Å²) in [6, 6.07) is 2.40. The summed E-state index contributed by atoms with van der Waals surface area (Å²) in [6.45, 7) is 3.26. The predicted molar refractivity (Wildman–Crippen MR) is 70.0 cm³/mol. The Hall–Kier alpha value is -0.800. The molecule has 0 spiro atoms. The van der Waals surface area contributed by atoms with Crippen LogP contribution >= 0.6 is 0 Å². The summed E-state index contributed by atoms with van der Waals surface area (Å²) in [6.07, 6.45) is 8.91. The fraction of sp³-hybridized carbons (Fsp3) is 0.714. The van der Waals surface area contributed by atoms with E-state index in [0.717, 1.165) is 6.54 Å². The first kappa shape index (κ1) is 12.7. The van der Waals surface area contributed by atoms with E-state index in [0.29, 0.717) is 11.6 Å². The zero-order valence-electron chi connectivity index (χ0n) is 11.2. The van der Waals surface area contributed by atoms with Crippen molar-refractivity contribution in [2.75, 3.05) is 20.6 Å². The lowest BCUT2D eigenvalue weighted by atomic mass is 9.95. The van der Waals surface area contributed by atoms with Crippen molar-refractivity contribution >= 4 is 0 Å². The molecule has 0 saturated heterocycles. The lowest BCUT2D eigenvalue weighted by molar-refractivity contribution is 0.150. The Balaban J connectivity index is 1.92. The minimum absolute atomic E-state index is 0.359. The van der Waals surface area contributed by atoms with Gasteiger partial charge in [0.15, 0.2) is 0 Å². The maximum Gasteiger partial charge on any atom is 0.0950 e. The van der Waals surface area contributed by atoms with Gasteiger partial charge in [-0.3, -0.25) is 0 Å². The molecule has 0 radical (unpaired) electrons. The molecule has 1 saturated carbocycles. The van der Waals surface area contributed by atoms with Crippen LogP contribution in [-0.2, 0) is 0 Å². The van der Waals surface area contributed by atoms with Crippen molar-refractivity contribution in [3.63, 3.8) is 0 Å². The fourth-order valence-corrected chi connectivity index (χ4v) is 2.80. The Morgan fingerprint density at radius 1 is 1.41 bits per heavy atom. The van der Waals surface area contributed by atoms with Crippen LogP contribution in [0.1, 0.15) is 44.2 Å². The van der Waals surface area contributed by atoms with E-state index in [4.69, 9.17) is 4.42 Å². The standard InChI is InChI=1S/C14H24N2O/c1-12(13-6-9-17-10-13)15-11-14(16(2)3)7-4-5-8-14/h6,9-10,12,15H,4-5,7-8,11H2,1-3H3. The third kappa shape index (κ3) is 2.72. The Morgan fingerprint density at radius 3 is 2.65 bits per heavy atom. The molecule has 1 aromatic rings. The maximum absolute atomic E-state index is 5.13. The average Bonchev–Trinajstić information content (AvgIpc) is 2.97. The molecule has 1 unspecified atom stereocenters. The monoisotopic (exact) mass is 236 g/mol. The minimum atomic E-state index is 0.359. The molecule has 2 rings (SSSR count). The van der Waals surface area contributed by atoms with Crippen molar-refractivity contribution in [2.24, 2.45) is 0 Å². The van der Waals surface area contributed by atoms with E-state index >= 15 is 0 Å². The Bertz CT molecular complexity index is 326. The first-order valence-electron chi connectivity index (χ1n) is 6.57. The molecule has 0 aromatic carbocycles. The molecule has 96 valence electrons. The first-order chi connectivity index (χ1) is 8.14. The molecule has 0 aliphatic heterocycles. The summed E-state index contributed by atoms with van der Waals surface area (Å²) in [5, 5.41) is 3.65. The van der Waals surface area contributed by atoms with E-state index in [1.165, 1.54) is 31.2 Å². The summed E-state index contributed by atoms with van der Waals surface area (Å²) >= 11 is 0. The van der Waals surface area contributed by atoms with Crippen molar-refractivity contribution in [3.05, 3.63) is 24.2 Å². The first-order valence-corrected chi connectivity index (χ1v) is 6.57. The van der Waals surface area contributed by atoms with Gasteiger partial charge < -0.3 is 14.6 Å². The van der Waals surface area contributed by atoms with Crippen LogP contribution in [0.3, 0.4) is 0 Å². The summed E-state index contributed by atoms with van der Waals surface area (Å²) in [5.41, 5.74) is 1.59. The number of nitrogens with one attached hydrogen (secondary N) is 1. The largest absolute Gasteiger partial charge is 0.472 e. The van der Waals surface area contributed by atoms with E-state index in [1.807, 2.05) is 12.3 Å².